The van der Waals surface area contributed by atoms with Crippen LogP contribution < -0.4 is 13.8 Å². The van der Waals surface area contributed by atoms with Crippen molar-refractivity contribution >= 4 is 44.8 Å². The smallest absolute Gasteiger partial charge is 0.278 e. The van der Waals surface area contributed by atoms with E-state index in [4.69, 9.17) is 32.7 Å². The Hall–Kier alpha value is -2.74. The lowest BCUT2D eigenvalue weighted by Gasteiger charge is -2.23. The van der Waals surface area contributed by atoms with Crippen molar-refractivity contribution in [3.05, 3.63) is 82.3 Å². The van der Waals surface area contributed by atoms with Crippen LogP contribution in [-0.2, 0) is 14.8 Å². The first kappa shape index (κ1) is 23.9. The van der Waals surface area contributed by atoms with Crippen molar-refractivity contribution in [2.24, 2.45) is 0 Å². The highest BCUT2D eigenvalue weighted by atomic mass is 35.5. The normalized spacial score (nSPS) is 11.1. The monoisotopic (exact) mass is 493 g/mol. The molecule has 0 aromatic heterocycles. The highest BCUT2D eigenvalue weighted by Crippen LogP contribution is 2.28. The van der Waals surface area contributed by atoms with Gasteiger partial charge in [0.15, 0.2) is 6.61 Å². The molecule has 0 fully saturated rings. The van der Waals surface area contributed by atoms with Crippen LogP contribution in [0.1, 0.15) is 12.5 Å². The zero-order valence-corrected chi connectivity index (χ0v) is 19.7. The maximum absolute atomic E-state index is 13.4. The minimum absolute atomic E-state index is 0.0770. The Balaban J connectivity index is 1.95. The van der Waals surface area contributed by atoms with Gasteiger partial charge in [-0.1, -0.05) is 23.2 Å². The molecule has 1 amide bonds. The third-order valence-corrected chi connectivity index (χ3v) is 6.70. The van der Waals surface area contributed by atoms with E-state index < -0.39 is 22.5 Å². The van der Waals surface area contributed by atoms with Gasteiger partial charge in [-0.15, -0.1) is 0 Å². The van der Waals surface area contributed by atoms with Gasteiger partial charge in [-0.05, 0) is 86.1 Å². The van der Waals surface area contributed by atoms with Crippen LogP contribution in [0.5, 0.6) is 11.5 Å². The first-order valence-electron chi connectivity index (χ1n) is 9.68. The molecule has 0 atom stereocenters. The van der Waals surface area contributed by atoms with Crippen LogP contribution in [0.3, 0.4) is 0 Å². The number of sulfonamides is 1. The molecule has 0 aliphatic heterocycles. The number of hydrogen-bond acceptors (Lipinski definition) is 5. The summed E-state index contributed by atoms with van der Waals surface area (Å²) in [5.41, 5.74) is 0.878. The van der Waals surface area contributed by atoms with Gasteiger partial charge < -0.3 is 9.47 Å². The van der Waals surface area contributed by atoms with E-state index >= 15 is 0 Å². The molecule has 0 N–H and O–H groups in total. The van der Waals surface area contributed by atoms with Crippen LogP contribution >= 0.6 is 23.2 Å². The van der Waals surface area contributed by atoms with E-state index in [0.29, 0.717) is 28.2 Å². The molecule has 3 rings (SSSR count). The third kappa shape index (κ3) is 5.54. The van der Waals surface area contributed by atoms with Gasteiger partial charge in [0.2, 0.25) is 0 Å². The molecule has 0 aliphatic rings. The molecule has 0 aliphatic carbocycles. The van der Waals surface area contributed by atoms with E-state index in [1.54, 1.807) is 37.3 Å². The van der Waals surface area contributed by atoms with Crippen molar-refractivity contribution in [3.8, 4) is 11.5 Å². The number of amides is 1. The van der Waals surface area contributed by atoms with E-state index in [1.807, 2.05) is 6.92 Å². The highest BCUT2D eigenvalue weighted by molar-refractivity contribution is 7.93. The summed E-state index contributed by atoms with van der Waals surface area (Å²) in [6, 6.07) is 16.7. The van der Waals surface area contributed by atoms with Crippen molar-refractivity contribution in [2.45, 2.75) is 18.7 Å². The maximum Gasteiger partial charge on any atom is 0.278 e. The van der Waals surface area contributed by atoms with E-state index in [0.717, 1.165) is 9.87 Å². The number of rotatable bonds is 8. The number of hydrogen-bond donors (Lipinski definition) is 0. The van der Waals surface area contributed by atoms with Gasteiger partial charge in [-0.25, -0.2) is 8.42 Å². The van der Waals surface area contributed by atoms with E-state index in [9.17, 15) is 13.2 Å². The minimum atomic E-state index is -4.23. The Morgan fingerprint density at radius 3 is 2.12 bits per heavy atom. The highest BCUT2D eigenvalue weighted by Gasteiger charge is 2.31. The van der Waals surface area contributed by atoms with Gasteiger partial charge >= 0.3 is 0 Å². The Bertz CT molecular complexity index is 1200. The number of anilines is 1. The van der Waals surface area contributed by atoms with Crippen LogP contribution in [0.2, 0.25) is 10.0 Å². The summed E-state index contributed by atoms with van der Waals surface area (Å²) in [6.45, 7) is 3.58. The second-order valence-corrected chi connectivity index (χ2v) is 9.40. The minimum Gasteiger partial charge on any atom is -0.494 e. The van der Waals surface area contributed by atoms with Crippen molar-refractivity contribution in [3.63, 3.8) is 0 Å². The van der Waals surface area contributed by atoms with E-state index in [-0.39, 0.29) is 10.6 Å². The van der Waals surface area contributed by atoms with Crippen molar-refractivity contribution in [1.29, 1.82) is 0 Å². The SMILES string of the molecule is CCOc1ccc(N(C(=O)COc2ccc(Cl)cc2C)S(=O)(=O)c2ccc(Cl)cc2)cc1. The molecular weight excluding hydrogens is 473 g/mol. The van der Waals surface area contributed by atoms with Gasteiger partial charge in [-0.3, -0.25) is 4.79 Å². The number of nitrogens with zero attached hydrogens (tertiary/aromatic N) is 1. The fraction of sp³-hybridized carbons (Fsp3) is 0.174. The third-order valence-electron chi connectivity index (χ3n) is 4.45. The molecule has 0 radical (unpaired) electrons. The quantitative estimate of drug-likeness (QED) is 0.414. The standard InChI is InChI=1S/C23H21Cl2NO5S/c1-3-30-20-9-7-19(8-10-20)26(32(28,29)21-11-4-17(24)5-12-21)23(27)15-31-22-13-6-18(25)14-16(22)2/h4-14H,3,15H2,1-2H3. The summed E-state index contributed by atoms with van der Waals surface area (Å²) >= 11 is 11.8. The van der Waals surface area contributed by atoms with Crippen LogP contribution in [0.4, 0.5) is 5.69 Å². The van der Waals surface area contributed by atoms with Crippen LogP contribution in [-0.4, -0.2) is 27.5 Å². The summed E-state index contributed by atoms with van der Waals surface area (Å²) in [5, 5.41) is 0.909. The molecule has 0 saturated carbocycles. The van der Waals surface area contributed by atoms with E-state index in [2.05, 4.69) is 0 Å². The Labute approximate surface area is 197 Å². The topological polar surface area (TPSA) is 72.9 Å². The summed E-state index contributed by atoms with van der Waals surface area (Å²) in [5.74, 6) is 0.220. The zero-order valence-electron chi connectivity index (χ0n) is 17.4. The molecule has 6 nitrogen and oxygen atoms in total. The Morgan fingerprint density at radius 1 is 0.906 bits per heavy atom. The number of halogens is 2. The Kier molecular flexibility index (Phi) is 7.66. The average molecular weight is 494 g/mol. The summed E-state index contributed by atoms with van der Waals surface area (Å²) in [4.78, 5) is 13.1. The molecule has 0 spiro atoms. The predicted octanol–water partition coefficient (Wildman–Crippen LogP) is 5.50. The fourth-order valence-electron chi connectivity index (χ4n) is 2.95. The van der Waals surface area contributed by atoms with Crippen molar-refractivity contribution in [2.75, 3.05) is 17.5 Å². The van der Waals surface area contributed by atoms with Gasteiger partial charge in [-0.2, -0.15) is 4.31 Å². The average Bonchev–Trinajstić information content (AvgIpc) is 2.75. The summed E-state index contributed by atoms with van der Waals surface area (Å²) < 4.78 is 38.5. The number of aryl methyl sites for hydroxylation is 1. The fourth-order valence-corrected chi connectivity index (χ4v) is 4.71. The predicted molar refractivity (Wildman–Crippen MR) is 125 cm³/mol. The maximum atomic E-state index is 13.4. The summed E-state index contributed by atoms with van der Waals surface area (Å²) in [6.07, 6.45) is 0. The lowest BCUT2D eigenvalue weighted by atomic mass is 10.2. The number of carbonyl (C=O) groups excluding carboxylic acids is 1. The lowest BCUT2D eigenvalue weighted by molar-refractivity contribution is -0.119. The molecule has 3 aromatic rings. The molecule has 0 unspecified atom stereocenters. The number of carbonyl (C=O) groups is 1. The van der Waals surface area contributed by atoms with Gasteiger partial charge in [0, 0.05) is 10.0 Å². The van der Waals surface area contributed by atoms with E-state index in [1.165, 1.54) is 36.4 Å². The van der Waals surface area contributed by atoms with Crippen LogP contribution in [0.15, 0.2) is 71.6 Å². The molecule has 9 heteroatoms. The largest absolute Gasteiger partial charge is 0.494 e. The second-order valence-electron chi connectivity index (χ2n) is 6.74. The van der Waals surface area contributed by atoms with Gasteiger partial charge in [0.25, 0.3) is 15.9 Å². The summed E-state index contributed by atoms with van der Waals surface area (Å²) in [7, 11) is -4.23. The zero-order chi connectivity index (χ0) is 23.3. The van der Waals surface area contributed by atoms with Gasteiger partial charge in [0.1, 0.15) is 11.5 Å². The van der Waals surface area contributed by atoms with Gasteiger partial charge in [0.05, 0.1) is 17.2 Å². The van der Waals surface area contributed by atoms with Crippen LogP contribution in [0.25, 0.3) is 0 Å². The van der Waals surface area contributed by atoms with Crippen LogP contribution in [0, 0.1) is 6.92 Å². The molecule has 0 bridgehead atoms. The Morgan fingerprint density at radius 2 is 1.53 bits per heavy atom. The number of benzene rings is 3. The molecular formula is C23H21Cl2NO5S. The lowest BCUT2D eigenvalue weighted by Crippen LogP contribution is -2.40. The first-order chi connectivity index (χ1) is 15.2. The molecule has 3 aromatic carbocycles. The second kappa shape index (κ2) is 10.3. The molecule has 32 heavy (non-hydrogen) atoms. The number of ether oxygens (including phenoxy) is 2. The molecule has 0 heterocycles. The molecule has 0 saturated heterocycles. The van der Waals surface area contributed by atoms with Crippen molar-refractivity contribution in [1.82, 2.24) is 0 Å². The van der Waals surface area contributed by atoms with Crippen molar-refractivity contribution < 1.29 is 22.7 Å². The molecule has 168 valence electrons. The first-order valence-corrected chi connectivity index (χ1v) is 11.9.